The van der Waals surface area contributed by atoms with Gasteiger partial charge in [0.2, 0.25) is 0 Å². The first-order valence-corrected chi connectivity index (χ1v) is 9.21. The number of nitrogens with one attached hydrogen (secondary N) is 1. The van der Waals surface area contributed by atoms with Gasteiger partial charge in [-0.3, -0.25) is 0 Å². The summed E-state index contributed by atoms with van der Waals surface area (Å²) in [6.45, 7) is 1.34. The molecule has 1 aromatic heterocycles. The van der Waals surface area contributed by atoms with Crippen LogP contribution in [0.5, 0.6) is 0 Å². The minimum absolute atomic E-state index is 0.0128. The molecular weight excluding hydrogens is 365 g/mol. The highest BCUT2D eigenvalue weighted by atomic mass is 35.5. The van der Waals surface area contributed by atoms with Gasteiger partial charge in [-0.1, -0.05) is 41.9 Å². The fourth-order valence-corrected chi connectivity index (χ4v) is 3.71. The molecule has 1 N–H and O–H groups in total. The molecule has 4 nitrogen and oxygen atoms in total. The van der Waals surface area contributed by atoms with E-state index in [4.69, 9.17) is 11.6 Å². The van der Waals surface area contributed by atoms with E-state index >= 15 is 0 Å². The second-order valence-corrected chi connectivity index (χ2v) is 6.99. The van der Waals surface area contributed by atoms with Crippen LogP contribution in [0.4, 0.5) is 14.9 Å². The van der Waals surface area contributed by atoms with Crippen LogP contribution < -0.4 is 5.32 Å². The average Bonchev–Trinajstić information content (AvgIpc) is 3.15. The fourth-order valence-electron chi connectivity index (χ4n) is 3.53. The lowest BCUT2D eigenvalue weighted by Crippen LogP contribution is -2.44. The third-order valence-electron chi connectivity index (χ3n) is 4.87. The highest BCUT2D eigenvalue weighted by molar-refractivity contribution is 6.31. The van der Waals surface area contributed by atoms with Crippen molar-refractivity contribution in [3.63, 3.8) is 0 Å². The number of nitrogens with zero attached hydrogens (tertiary/aromatic N) is 2. The molecule has 3 aromatic rings. The summed E-state index contributed by atoms with van der Waals surface area (Å²) in [6.07, 6.45) is 2.77. The van der Waals surface area contributed by atoms with Gasteiger partial charge in [0.1, 0.15) is 5.82 Å². The highest BCUT2D eigenvalue weighted by Crippen LogP contribution is 2.30. The topological polar surface area (TPSA) is 37.3 Å². The third kappa shape index (κ3) is 3.69. The minimum atomic E-state index is -0.507. The molecule has 2 amide bonds. The molecule has 4 rings (SSSR count). The SMILES string of the molecule is O=C(Nc1ccc(F)c(Cl)c1)N1CCn2cccc2[C@H]1Cc1ccccc1. The Morgan fingerprint density at radius 2 is 1.93 bits per heavy atom. The first-order valence-electron chi connectivity index (χ1n) is 8.83. The van der Waals surface area contributed by atoms with Gasteiger partial charge in [0.15, 0.2) is 0 Å². The first-order chi connectivity index (χ1) is 13.1. The maximum atomic E-state index is 13.4. The number of urea groups is 1. The molecule has 0 radical (unpaired) electrons. The quantitative estimate of drug-likeness (QED) is 0.670. The average molecular weight is 384 g/mol. The molecule has 0 saturated carbocycles. The second kappa shape index (κ2) is 7.45. The molecule has 1 aliphatic rings. The molecule has 138 valence electrons. The Morgan fingerprint density at radius 3 is 2.70 bits per heavy atom. The molecule has 1 atom stereocenters. The Kier molecular flexibility index (Phi) is 4.86. The van der Waals surface area contributed by atoms with Gasteiger partial charge in [0, 0.05) is 30.7 Å². The lowest BCUT2D eigenvalue weighted by Gasteiger charge is -2.37. The van der Waals surface area contributed by atoms with Gasteiger partial charge >= 0.3 is 6.03 Å². The van der Waals surface area contributed by atoms with Crippen molar-refractivity contribution in [1.29, 1.82) is 0 Å². The molecule has 0 spiro atoms. The maximum Gasteiger partial charge on any atom is 0.322 e. The van der Waals surface area contributed by atoms with Crippen LogP contribution in [0.25, 0.3) is 0 Å². The van der Waals surface area contributed by atoms with Crippen LogP contribution in [0.3, 0.4) is 0 Å². The number of fused-ring (bicyclic) bond motifs is 1. The largest absolute Gasteiger partial charge is 0.348 e. The van der Waals surface area contributed by atoms with E-state index in [1.165, 1.54) is 23.8 Å². The maximum absolute atomic E-state index is 13.4. The number of carbonyl (C=O) groups is 1. The zero-order valence-corrected chi connectivity index (χ0v) is 15.4. The van der Waals surface area contributed by atoms with Crippen molar-refractivity contribution in [2.24, 2.45) is 0 Å². The molecular formula is C21H19ClFN3O. The van der Waals surface area contributed by atoms with E-state index in [9.17, 15) is 9.18 Å². The zero-order chi connectivity index (χ0) is 18.8. The number of hydrogen-bond donors (Lipinski definition) is 1. The van der Waals surface area contributed by atoms with E-state index < -0.39 is 5.82 Å². The Hall–Kier alpha value is -2.79. The molecule has 0 unspecified atom stereocenters. The summed E-state index contributed by atoms with van der Waals surface area (Å²) < 4.78 is 15.6. The second-order valence-electron chi connectivity index (χ2n) is 6.58. The van der Waals surface area contributed by atoms with Crippen molar-refractivity contribution in [3.8, 4) is 0 Å². The van der Waals surface area contributed by atoms with Crippen LogP contribution >= 0.6 is 11.6 Å². The number of rotatable bonds is 3. The van der Waals surface area contributed by atoms with Crippen molar-refractivity contribution in [1.82, 2.24) is 9.47 Å². The van der Waals surface area contributed by atoms with Crippen LogP contribution in [0, 0.1) is 5.82 Å². The van der Waals surface area contributed by atoms with E-state index in [1.54, 1.807) is 0 Å². The smallest absolute Gasteiger partial charge is 0.322 e. The lowest BCUT2D eigenvalue weighted by molar-refractivity contribution is 0.167. The van der Waals surface area contributed by atoms with Crippen LogP contribution in [-0.4, -0.2) is 22.0 Å². The Labute approximate surface area is 162 Å². The molecule has 27 heavy (non-hydrogen) atoms. The summed E-state index contributed by atoms with van der Waals surface area (Å²) in [5, 5.41) is 2.83. The summed E-state index contributed by atoms with van der Waals surface area (Å²) >= 11 is 5.83. The van der Waals surface area contributed by atoms with Gasteiger partial charge in [-0.15, -0.1) is 0 Å². The van der Waals surface area contributed by atoms with Gasteiger partial charge in [0.05, 0.1) is 11.1 Å². The molecule has 0 fully saturated rings. The highest BCUT2D eigenvalue weighted by Gasteiger charge is 2.31. The standard InChI is InChI=1S/C21H19ClFN3O/c22-17-14-16(8-9-18(17)23)24-21(27)26-12-11-25-10-4-7-19(25)20(26)13-15-5-2-1-3-6-15/h1-10,14,20H,11-13H2,(H,24,27)/t20-/m1/s1. The van der Waals surface area contributed by atoms with Crippen molar-refractivity contribution >= 4 is 23.3 Å². The summed E-state index contributed by atoms with van der Waals surface area (Å²) in [4.78, 5) is 14.8. The van der Waals surface area contributed by atoms with Crippen LogP contribution in [0.1, 0.15) is 17.3 Å². The van der Waals surface area contributed by atoms with Crippen molar-refractivity contribution < 1.29 is 9.18 Å². The fraction of sp³-hybridized carbons (Fsp3) is 0.190. The Balaban J connectivity index is 1.59. The first kappa shape index (κ1) is 17.6. The van der Waals surface area contributed by atoms with Gasteiger partial charge < -0.3 is 14.8 Å². The molecule has 1 aliphatic heterocycles. The van der Waals surface area contributed by atoms with Gasteiger partial charge in [-0.2, -0.15) is 0 Å². The van der Waals surface area contributed by atoms with E-state index in [0.29, 0.717) is 12.2 Å². The predicted molar refractivity (Wildman–Crippen MR) is 104 cm³/mol. The summed E-state index contributed by atoms with van der Waals surface area (Å²) in [6, 6.07) is 18.1. The van der Waals surface area contributed by atoms with Gasteiger partial charge in [0.25, 0.3) is 0 Å². The lowest BCUT2D eigenvalue weighted by atomic mass is 10.0. The Morgan fingerprint density at radius 1 is 1.11 bits per heavy atom. The predicted octanol–water partition coefficient (Wildman–Crippen LogP) is 5.11. The van der Waals surface area contributed by atoms with Crippen LogP contribution in [0.2, 0.25) is 5.02 Å². The van der Waals surface area contributed by atoms with Crippen molar-refractivity contribution in [3.05, 3.63) is 89.0 Å². The molecule has 2 heterocycles. The number of carbonyl (C=O) groups excluding carboxylic acids is 1. The van der Waals surface area contributed by atoms with E-state index in [1.807, 2.05) is 35.4 Å². The van der Waals surface area contributed by atoms with Crippen LogP contribution in [0.15, 0.2) is 66.9 Å². The van der Waals surface area contributed by atoms with Crippen LogP contribution in [-0.2, 0) is 13.0 Å². The number of amides is 2. The van der Waals surface area contributed by atoms with E-state index in [2.05, 4.69) is 28.1 Å². The summed E-state index contributed by atoms with van der Waals surface area (Å²) in [7, 11) is 0. The van der Waals surface area contributed by atoms with Crippen molar-refractivity contribution in [2.45, 2.75) is 19.0 Å². The number of anilines is 1. The molecule has 0 saturated heterocycles. The monoisotopic (exact) mass is 383 g/mol. The van der Waals surface area contributed by atoms with Crippen molar-refractivity contribution in [2.75, 3.05) is 11.9 Å². The summed E-state index contributed by atoms with van der Waals surface area (Å²) in [5.41, 5.74) is 2.75. The molecule has 6 heteroatoms. The van der Waals surface area contributed by atoms with E-state index in [-0.39, 0.29) is 17.1 Å². The minimum Gasteiger partial charge on any atom is -0.348 e. The number of halogens is 2. The normalized spacial score (nSPS) is 16.1. The van der Waals surface area contributed by atoms with Gasteiger partial charge in [-0.25, -0.2) is 9.18 Å². The molecule has 0 aliphatic carbocycles. The number of benzene rings is 2. The Bertz CT molecular complexity index is 957. The third-order valence-corrected chi connectivity index (χ3v) is 5.16. The number of hydrogen-bond acceptors (Lipinski definition) is 1. The number of aromatic nitrogens is 1. The summed E-state index contributed by atoms with van der Waals surface area (Å²) in [5.74, 6) is -0.507. The zero-order valence-electron chi connectivity index (χ0n) is 14.6. The van der Waals surface area contributed by atoms with Gasteiger partial charge in [-0.05, 0) is 42.3 Å². The molecule has 2 aromatic carbocycles. The van der Waals surface area contributed by atoms with E-state index in [0.717, 1.165) is 18.7 Å². The molecule has 0 bridgehead atoms.